The Morgan fingerprint density at radius 1 is 1.17 bits per heavy atom. The first-order valence-electron chi connectivity index (χ1n) is 9.23. The molecule has 4 rings (SSSR count). The van der Waals surface area contributed by atoms with Gasteiger partial charge in [-0.2, -0.15) is 0 Å². The summed E-state index contributed by atoms with van der Waals surface area (Å²) < 4.78 is 41.6. The van der Waals surface area contributed by atoms with Crippen LogP contribution in [0.25, 0.3) is 5.57 Å². The molecule has 0 heterocycles. The van der Waals surface area contributed by atoms with Crippen molar-refractivity contribution in [1.29, 1.82) is 0 Å². The number of benzene rings is 1. The van der Waals surface area contributed by atoms with E-state index in [9.17, 15) is 12.8 Å². The van der Waals surface area contributed by atoms with Crippen LogP contribution in [0.4, 0.5) is 4.39 Å². The van der Waals surface area contributed by atoms with Gasteiger partial charge in [-0.25, -0.2) is 12.8 Å². The van der Waals surface area contributed by atoms with Gasteiger partial charge in [-0.3, -0.25) is 0 Å². The molecular weight excluding hydrogens is 458 g/mol. The molecule has 0 amide bonds. The van der Waals surface area contributed by atoms with Crippen molar-refractivity contribution in [3.63, 3.8) is 0 Å². The number of hydrogen-bond donors (Lipinski definition) is 0. The van der Waals surface area contributed by atoms with Crippen LogP contribution in [0.1, 0.15) is 31.2 Å². The molecular formula is C21H20Cl3FO3S. The Bertz CT molecular complexity index is 1040. The molecule has 29 heavy (non-hydrogen) atoms. The molecule has 3 nitrogen and oxygen atoms in total. The molecule has 0 saturated heterocycles. The highest BCUT2D eigenvalue weighted by atomic mass is 35.5. The van der Waals surface area contributed by atoms with E-state index in [1.165, 1.54) is 19.2 Å². The Hall–Kier alpha value is -0.850. The second kappa shape index (κ2) is 7.38. The number of halogens is 4. The Kier molecular flexibility index (Phi) is 5.44. The van der Waals surface area contributed by atoms with Crippen molar-refractivity contribution >= 4 is 50.2 Å². The first-order valence-corrected chi connectivity index (χ1v) is 12.1. The Balaban J connectivity index is 1.77. The molecule has 1 saturated carbocycles. The fourth-order valence-electron chi connectivity index (χ4n) is 4.10. The molecule has 3 aliphatic rings. The lowest BCUT2D eigenvalue weighted by atomic mass is 9.92. The van der Waals surface area contributed by atoms with Crippen LogP contribution in [0.5, 0.6) is 0 Å². The number of alkyl halides is 3. The Labute approximate surface area is 185 Å². The normalized spacial score (nSPS) is 28.5. The lowest BCUT2D eigenvalue weighted by Crippen LogP contribution is -2.35. The number of methoxy groups -OCH3 is 1. The Morgan fingerprint density at radius 3 is 2.34 bits per heavy atom. The zero-order valence-corrected chi connectivity index (χ0v) is 18.8. The van der Waals surface area contributed by atoms with Crippen LogP contribution in [-0.4, -0.2) is 32.0 Å². The largest absolute Gasteiger partial charge is 0.357 e. The fraction of sp³-hybridized carbons (Fsp3) is 0.429. The SMILES string of the molecule is COC1(Cl)C=CC(C2=C(c3ccc(S(=O)(=O)CF)cc3)CC3(CC3)C2)=C(Cl)C1Cl. The van der Waals surface area contributed by atoms with Crippen LogP contribution in [0.2, 0.25) is 0 Å². The fourth-order valence-corrected chi connectivity index (χ4v) is 5.63. The molecule has 1 spiro atoms. The van der Waals surface area contributed by atoms with Gasteiger partial charge in [0.15, 0.2) is 11.1 Å². The van der Waals surface area contributed by atoms with Crippen LogP contribution in [0.3, 0.4) is 0 Å². The second-order valence-corrected chi connectivity index (χ2v) is 11.3. The van der Waals surface area contributed by atoms with Crippen LogP contribution in [0, 0.1) is 5.41 Å². The smallest absolute Gasteiger partial charge is 0.207 e. The van der Waals surface area contributed by atoms with E-state index in [1.54, 1.807) is 18.2 Å². The summed E-state index contributed by atoms with van der Waals surface area (Å²) in [5, 5.41) is -1.48. The van der Waals surface area contributed by atoms with E-state index in [1.807, 2.05) is 6.08 Å². The zero-order valence-electron chi connectivity index (χ0n) is 15.7. The third-order valence-corrected chi connectivity index (χ3v) is 9.03. The van der Waals surface area contributed by atoms with Gasteiger partial charge < -0.3 is 4.74 Å². The summed E-state index contributed by atoms with van der Waals surface area (Å²) in [4.78, 5) is -0.0207. The maximum absolute atomic E-state index is 12.8. The molecule has 1 fully saturated rings. The summed E-state index contributed by atoms with van der Waals surface area (Å²) >= 11 is 19.5. The van der Waals surface area contributed by atoms with Crippen molar-refractivity contribution in [1.82, 2.24) is 0 Å². The molecule has 0 aliphatic heterocycles. The van der Waals surface area contributed by atoms with E-state index in [0.29, 0.717) is 5.03 Å². The predicted molar refractivity (Wildman–Crippen MR) is 115 cm³/mol. The number of rotatable bonds is 5. The van der Waals surface area contributed by atoms with Crippen molar-refractivity contribution in [2.75, 3.05) is 13.1 Å². The molecule has 2 atom stereocenters. The average Bonchev–Trinajstić information content (AvgIpc) is 3.37. The summed E-state index contributed by atoms with van der Waals surface area (Å²) in [5.41, 5.74) is 4.22. The van der Waals surface area contributed by atoms with E-state index in [2.05, 4.69) is 0 Å². The molecule has 3 aliphatic carbocycles. The quantitative estimate of drug-likeness (QED) is 0.491. The molecule has 1 aromatic carbocycles. The number of hydrogen-bond acceptors (Lipinski definition) is 3. The lowest BCUT2D eigenvalue weighted by Gasteiger charge is -2.31. The third kappa shape index (κ3) is 3.70. The molecule has 0 radical (unpaired) electrons. The monoisotopic (exact) mass is 476 g/mol. The van der Waals surface area contributed by atoms with Gasteiger partial charge in [0.25, 0.3) is 0 Å². The summed E-state index contributed by atoms with van der Waals surface area (Å²) in [6, 6.07) is 4.98. The minimum Gasteiger partial charge on any atom is -0.357 e. The first kappa shape index (κ1) is 21.4. The summed E-state index contributed by atoms with van der Waals surface area (Å²) in [6.07, 6.45) is 7.63. The maximum Gasteiger partial charge on any atom is 0.207 e. The average molecular weight is 478 g/mol. The van der Waals surface area contributed by atoms with Crippen molar-refractivity contribution in [3.05, 3.63) is 58.2 Å². The summed E-state index contributed by atoms with van der Waals surface area (Å²) in [7, 11) is -2.40. The predicted octanol–water partition coefficient (Wildman–Crippen LogP) is 5.97. The van der Waals surface area contributed by atoms with Crippen molar-refractivity contribution in [3.8, 4) is 0 Å². The first-order chi connectivity index (χ1) is 13.6. The standard InChI is InChI=1S/C21H20Cl3FO3S/c1-28-21(24)7-6-15(18(22)19(21)23)17-11-20(8-9-20)10-16(17)13-2-4-14(5-3-13)29(26,27)12-25/h2-7,19H,8-12H2,1H3. The lowest BCUT2D eigenvalue weighted by molar-refractivity contribution is 0.108. The second-order valence-electron chi connectivity index (χ2n) is 7.92. The third-order valence-electron chi connectivity index (χ3n) is 6.07. The highest BCUT2D eigenvalue weighted by Crippen LogP contribution is 2.63. The molecule has 0 bridgehead atoms. The van der Waals surface area contributed by atoms with E-state index < -0.39 is 26.3 Å². The highest BCUT2D eigenvalue weighted by molar-refractivity contribution is 7.91. The van der Waals surface area contributed by atoms with Crippen LogP contribution < -0.4 is 0 Å². The zero-order chi connectivity index (χ0) is 21.0. The van der Waals surface area contributed by atoms with E-state index >= 15 is 0 Å². The van der Waals surface area contributed by atoms with E-state index in [0.717, 1.165) is 48.0 Å². The number of sulfone groups is 1. The molecule has 8 heteroatoms. The van der Waals surface area contributed by atoms with Crippen LogP contribution in [-0.2, 0) is 14.6 Å². The van der Waals surface area contributed by atoms with Crippen LogP contribution >= 0.6 is 34.8 Å². The molecule has 0 aromatic heterocycles. The van der Waals surface area contributed by atoms with Gasteiger partial charge >= 0.3 is 0 Å². The van der Waals surface area contributed by atoms with Crippen molar-refractivity contribution in [2.24, 2.45) is 5.41 Å². The topological polar surface area (TPSA) is 43.4 Å². The molecule has 1 aromatic rings. The van der Waals surface area contributed by atoms with Gasteiger partial charge in [0.05, 0.1) is 4.90 Å². The van der Waals surface area contributed by atoms with E-state index in [-0.39, 0.29) is 10.3 Å². The minimum absolute atomic E-state index is 0.0207. The number of allylic oxidation sites excluding steroid dienone is 4. The van der Waals surface area contributed by atoms with Gasteiger partial charge in [0, 0.05) is 12.1 Å². The minimum atomic E-state index is -3.89. The van der Waals surface area contributed by atoms with Gasteiger partial charge in [-0.15, -0.1) is 11.6 Å². The molecule has 0 N–H and O–H groups in total. The molecule has 2 unspecified atom stereocenters. The van der Waals surface area contributed by atoms with Gasteiger partial charge in [-0.05, 0) is 71.6 Å². The van der Waals surface area contributed by atoms with Crippen LogP contribution in [0.15, 0.2) is 57.5 Å². The van der Waals surface area contributed by atoms with Crippen molar-refractivity contribution < 1.29 is 17.5 Å². The molecule has 156 valence electrons. The Morgan fingerprint density at radius 2 is 1.79 bits per heavy atom. The van der Waals surface area contributed by atoms with Gasteiger partial charge in [0.2, 0.25) is 9.84 Å². The van der Waals surface area contributed by atoms with Gasteiger partial charge in [0.1, 0.15) is 5.38 Å². The van der Waals surface area contributed by atoms with Crippen molar-refractivity contribution in [2.45, 2.75) is 41.0 Å². The van der Waals surface area contributed by atoms with E-state index in [4.69, 9.17) is 39.5 Å². The maximum atomic E-state index is 12.8. The highest BCUT2D eigenvalue weighted by Gasteiger charge is 2.50. The summed E-state index contributed by atoms with van der Waals surface area (Å²) in [5.74, 6) is 0. The van der Waals surface area contributed by atoms with Gasteiger partial charge in [-0.1, -0.05) is 41.4 Å². The number of ether oxygens (including phenoxy) is 1. The summed E-state index contributed by atoms with van der Waals surface area (Å²) in [6.45, 7) is 0.